The summed E-state index contributed by atoms with van der Waals surface area (Å²) in [5.74, 6) is -4.88. The Balaban J connectivity index is 3.24. The van der Waals surface area contributed by atoms with E-state index in [1.54, 1.807) is 0 Å². The molecule has 0 fully saturated rings. The number of aromatic carboxylic acids is 1. The number of anilines is 1. The van der Waals surface area contributed by atoms with E-state index in [0.29, 0.717) is 6.07 Å². The molecular formula is C10H7F4NO3. The molecule has 1 rings (SSSR count). The number of hydrogen-bond donors (Lipinski definition) is 2. The summed E-state index contributed by atoms with van der Waals surface area (Å²) in [4.78, 5) is 21.5. The van der Waals surface area contributed by atoms with E-state index in [-0.39, 0.29) is 5.56 Å². The molecule has 98 valence electrons. The lowest BCUT2D eigenvalue weighted by atomic mass is 10.1. The van der Waals surface area contributed by atoms with Gasteiger partial charge in [0.15, 0.2) is 0 Å². The van der Waals surface area contributed by atoms with E-state index in [4.69, 9.17) is 5.11 Å². The predicted octanol–water partition coefficient (Wildman–Crippen LogP) is 2.33. The molecule has 4 nitrogen and oxygen atoms in total. The topological polar surface area (TPSA) is 66.4 Å². The minimum Gasteiger partial charge on any atom is -0.478 e. The highest BCUT2D eigenvalue weighted by molar-refractivity contribution is 6.03. The lowest BCUT2D eigenvalue weighted by Gasteiger charge is -2.13. The Labute approximate surface area is 98.2 Å². The SMILES string of the molecule is Cc1cc(F)cc(C(=O)O)c1NC(=O)C(F)(F)F. The monoisotopic (exact) mass is 265 g/mol. The summed E-state index contributed by atoms with van der Waals surface area (Å²) in [5, 5.41) is 10.1. The zero-order valence-corrected chi connectivity index (χ0v) is 8.93. The molecule has 0 saturated carbocycles. The zero-order valence-electron chi connectivity index (χ0n) is 8.93. The molecular weight excluding hydrogens is 258 g/mol. The second kappa shape index (κ2) is 4.63. The van der Waals surface area contributed by atoms with Crippen molar-refractivity contribution in [3.05, 3.63) is 29.1 Å². The minimum atomic E-state index is -5.16. The molecule has 18 heavy (non-hydrogen) atoms. The molecule has 0 radical (unpaired) electrons. The highest BCUT2D eigenvalue weighted by Crippen LogP contribution is 2.25. The Hall–Kier alpha value is -2.12. The summed E-state index contributed by atoms with van der Waals surface area (Å²) < 4.78 is 49.1. The number of halogens is 4. The first-order valence-corrected chi connectivity index (χ1v) is 4.54. The van der Waals surface area contributed by atoms with Crippen LogP contribution in [0.3, 0.4) is 0 Å². The summed E-state index contributed by atoms with van der Waals surface area (Å²) in [6, 6.07) is 1.35. The van der Waals surface area contributed by atoms with Gasteiger partial charge in [-0.3, -0.25) is 4.79 Å². The Bertz CT molecular complexity index is 511. The van der Waals surface area contributed by atoms with E-state index in [1.165, 1.54) is 12.2 Å². The molecule has 1 aromatic rings. The number of carboxylic acids is 1. The molecule has 0 saturated heterocycles. The van der Waals surface area contributed by atoms with Crippen molar-refractivity contribution in [1.82, 2.24) is 0 Å². The normalized spacial score (nSPS) is 11.2. The smallest absolute Gasteiger partial charge is 0.471 e. The van der Waals surface area contributed by atoms with Crippen LogP contribution >= 0.6 is 0 Å². The van der Waals surface area contributed by atoms with Gasteiger partial charge in [-0.2, -0.15) is 13.2 Å². The molecule has 0 aliphatic carbocycles. The maximum atomic E-state index is 12.9. The number of aryl methyl sites for hydroxylation is 1. The first kappa shape index (κ1) is 13.9. The second-order valence-corrected chi connectivity index (χ2v) is 3.40. The third kappa shape index (κ3) is 2.96. The van der Waals surface area contributed by atoms with Crippen LogP contribution in [0, 0.1) is 12.7 Å². The van der Waals surface area contributed by atoms with Crippen LogP contribution < -0.4 is 5.32 Å². The van der Waals surface area contributed by atoms with Gasteiger partial charge >= 0.3 is 18.1 Å². The number of carboxylic acid groups (broad SMARTS) is 1. The van der Waals surface area contributed by atoms with Crippen molar-refractivity contribution >= 4 is 17.6 Å². The molecule has 1 aromatic carbocycles. The van der Waals surface area contributed by atoms with Crippen LogP contribution in [0.1, 0.15) is 15.9 Å². The van der Waals surface area contributed by atoms with Gasteiger partial charge < -0.3 is 10.4 Å². The predicted molar refractivity (Wildman–Crippen MR) is 52.8 cm³/mol. The summed E-state index contributed by atoms with van der Waals surface area (Å²) in [6.07, 6.45) is -5.16. The molecule has 0 aliphatic rings. The van der Waals surface area contributed by atoms with Crippen LogP contribution in [-0.2, 0) is 4.79 Å². The first-order chi connectivity index (χ1) is 8.12. The number of rotatable bonds is 2. The lowest BCUT2D eigenvalue weighted by molar-refractivity contribution is -0.167. The van der Waals surface area contributed by atoms with Crippen LogP contribution in [0.15, 0.2) is 12.1 Å². The molecule has 8 heteroatoms. The third-order valence-electron chi connectivity index (χ3n) is 2.03. The maximum absolute atomic E-state index is 12.9. The van der Waals surface area contributed by atoms with Gasteiger partial charge in [-0.15, -0.1) is 0 Å². The van der Waals surface area contributed by atoms with Crippen LogP contribution in [-0.4, -0.2) is 23.2 Å². The fourth-order valence-corrected chi connectivity index (χ4v) is 1.26. The highest BCUT2D eigenvalue weighted by atomic mass is 19.4. The van der Waals surface area contributed by atoms with Crippen LogP contribution in [0.25, 0.3) is 0 Å². The number of nitrogens with one attached hydrogen (secondary N) is 1. The summed E-state index contributed by atoms with van der Waals surface area (Å²) in [5.41, 5.74) is -1.44. The minimum absolute atomic E-state index is 0.120. The van der Waals surface area contributed by atoms with Crippen molar-refractivity contribution < 1.29 is 32.3 Å². The van der Waals surface area contributed by atoms with Crippen LogP contribution in [0.2, 0.25) is 0 Å². The number of alkyl halides is 3. The Morgan fingerprint density at radius 3 is 2.28 bits per heavy atom. The maximum Gasteiger partial charge on any atom is 0.471 e. The van der Waals surface area contributed by atoms with E-state index in [0.717, 1.165) is 6.07 Å². The fraction of sp³-hybridized carbons (Fsp3) is 0.200. The number of benzene rings is 1. The van der Waals surface area contributed by atoms with E-state index < -0.39 is 35.1 Å². The molecule has 2 N–H and O–H groups in total. The highest BCUT2D eigenvalue weighted by Gasteiger charge is 2.39. The van der Waals surface area contributed by atoms with Crippen molar-refractivity contribution in [2.24, 2.45) is 0 Å². The number of carbonyl (C=O) groups excluding carboxylic acids is 1. The number of amides is 1. The van der Waals surface area contributed by atoms with Gasteiger partial charge in [0.25, 0.3) is 0 Å². The number of carbonyl (C=O) groups is 2. The van der Waals surface area contributed by atoms with Crippen molar-refractivity contribution in [2.45, 2.75) is 13.1 Å². The van der Waals surface area contributed by atoms with Gasteiger partial charge in [-0.1, -0.05) is 0 Å². The molecule has 0 unspecified atom stereocenters. The standard InChI is InChI=1S/C10H7F4NO3/c1-4-2-5(11)3-6(8(16)17)7(4)15-9(18)10(12,13)14/h2-3H,1H3,(H,15,18)(H,16,17). The average Bonchev–Trinajstić information content (AvgIpc) is 2.19. The van der Waals surface area contributed by atoms with Crippen LogP contribution in [0.4, 0.5) is 23.2 Å². The summed E-state index contributed by atoms with van der Waals surface area (Å²) >= 11 is 0. The molecule has 0 aliphatic heterocycles. The lowest BCUT2D eigenvalue weighted by Crippen LogP contribution is -2.31. The van der Waals surface area contributed by atoms with Crippen molar-refractivity contribution in [3.63, 3.8) is 0 Å². The van der Waals surface area contributed by atoms with E-state index in [1.807, 2.05) is 0 Å². The van der Waals surface area contributed by atoms with E-state index in [2.05, 4.69) is 0 Å². The van der Waals surface area contributed by atoms with Crippen molar-refractivity contribution in [3.8, 4) is 0 Å². The second-order valence-electron chi connectivity index (χ2n) is 3.40. The van der Waals surface area contributed by atoms with E-state index in [9.17, 15) is 27.2 Å². The van der Waals surface area contributed by atoms with Gasteiger partial charge in [-0.25, -0.2) is 9.18 Å². The molecule has 0 atom stereocenters. The molecule has 1 amide bonds. The van der Waals surface area contributed by atoms with Gasteiger partial charge in [-0.05, 0) is 24.6 Å². The Morgan fingerprint density at radius 2 is 1.83 bits per heavy atom. The summed E-state index contributed by atoms with van der Waals surface area (Å²) in [7, 11) is 0. The van der Waals surface area contributed by atoms with Crippen LogP contribution in [0.5, 0.6) is 0 Å². The number of hydrogen-bond acceptors (Lipinski definition) is 2. The fourth-order valence-electron chi connectivity index (χ4n) is 1.26. The van der Waals surface area contributed by atoms with Gasteiger partial charge in [0.2, 0.25) is 0 Å². The quantitative estimate of drug-likeness (QED) is 0.806. The summed E-state index contributed by atoms with van der Waals surface area (Å²) in [6.45, 7) is 1.18. The Kier molecular flexibility index (Phi) is 3.59. The first-order valence-electron chi connectivity index (χ1n) is 4.54. The third-order valence-corrected chi connectivity index (χ3v) is 2.03. The molecule has 0 spiro atoms. The van der Waals surface area contributed by atoms with Gasteiger partial charge in [0.05, 0.1) is 11.3 Å². The zero-order chi connectivity index (χ0) is 14.1. The van der Waals surface area contributed by atoms with Gasteiger partial charge in [0.1, 0.15) is 5.82 Å². The molecule has 0 heterocycles. The van der Waals surface area contributed by atoms with Crippen molar-refractivity contribution in [1.29, 1.82) is 0 Å². The molecule has 0 aromatic heterocycles. The largest absolute Gasteiger partial charge is 0.478 e. The van der Waals surface area contributed by atoms with E-state index >= 15 is 0 Å². The Morgan fingerprint density at radius 1 is 1.28 bits per heavy atom. The van der Waals surface area contributed by atoms with Crippen molar-refractivity contribution in [2.75, 3.05) is 5.32 Å². The van der Waals surface area contributed by atoms with Gasteiger partial charge in [0, 0.05) is 0 Å². The average molecular weight is 265 g/mol. The molecule has 0 bridgehead atoms.